The van der Waals surface area contributed by atoms with E-state index in [2.05, 4.69) is 9.50 Å². The summed E-state index contributed by atoms with van der Waals surface area (Å²) < 4.78 is 51.1. The van der Waals surface area contributed by atoms with Crippen molar-refractivity contribution in [2.75, 3.05) is 12.4 Å². The van der Waals surface area contributed by atoms with E-state index in [4.69, 9.17) is 0 Å². The molecule has 0 spiro atoms. The molecule has 0 aliphatic carbocycles. The van der Waals surface area contributed by atoms with E-state index >= 15 is 0 Å². The van der Waals surface area contributed by atoms with Crippen LogP contribution in [0.4, 0.5) is 14.0 Å². The molecule has 0 radical (unpaired) electrons. The van der Waals surface area contributed by atoms with E-state index in [1.165, 1.54) is 47.4 Å². The number of hydrogen-bond acceptors (Lipinski definition) is 5. The zero-order valence-corrected chi connectivity index (χ0v) is 15.4. The van der Waals surface area contributed by atoms with Crippen LogP contribution in [0.25, 0.3) is 0 Å². The van der Waals surface area contributed by atoms with Crippen LogP contribution in [0.15, 0.2) is 48.5 Å². The molecule has 1 N–H and O–H groups in total. The van der Waals surface area contributed by atoms with Gasteiger partial charge in [-0.25, -0.2) is 4.39 Å². The Morgan fingerprint density at radius 1 is 1.21 bits per heavy atom. The van der Waals surface area contributed by atoms with Crippen LogP contribution < -0.4 is 9.50 Å². The zero-order valence-electron chi connectivity index (χ0n) is 14.6. The molecule has 0 saturated carbocycles. The fourth-order valence-electron chi connectivity index (χ4n) is 3.20. The number of rotatable bonds is 5. The number of likely N-dealkylation sites (tertiary alicyclic amines) is 1. The minimum atomic E-state index is -5.14. The molecule has 3 rings (SSSR count). The second-order valence-corrected chi connectivity index (χ2v) is 7.26. The summed E-state index contributed by atoms with van der Waals surface area (Å²) in [4.78, 5) is 26.3. The normalized spacial score (nSPS) is 19.5. The third-order valence-electron chi connectivity index (χ3n) is 4.43. The summed E-state index contributed by atoms with van der Waals surface area (Å²) in [7, 11) is -3.59. The monoisotopic (exact) mass is 410 g/mol. The van der Waals surface area contributed by atoms with Crippen molar-refractivity contribution in [3.05, 3.63) is 59.9 Å². The molecule has 2 amide bonds. The number of carbonyl (C=O) groups excluding carboxylic acids is 2. The van der Waals surface area contributed by atoms with Crippen molar-refractivity contribution < 1.29 is 30.5 Å². The van der Waals surface area contributed by atoms with Gasteiger partial charge in [-0.05, 0) is 42.0 Å². The first-order chi connectivity index (χ1) is 13.1. The van der Waals surface area contributed by atoms with Crippen LogP contribution >= 0.6 is 0 Å². The molecule has 0 unspecified atom stereocenters. The fourth-order valence-corrected chi connectivity index (χ4v) is 3.54. The Morgan fingerprint density at radius 3 is 2.50 bits per heavy atom. The number of carbonyl (C=O) groups is 2. The lowest BCUT2D eigenvalue weighted by Crippen LogP contribution is -2.30. The molecule has 1 fully saturated rings. The molecular weight excluding hydrogens is 394 g/mol. The van der Waals surface area contributed by atoms with Crippen LogP contribution in [0.1, 0.15) is 18.0 Å². The highest BCUT2D eigenvalue weighted by Crippen LogP contribution is 2.38. The highest BCUT2D eigenvalue weighted by Gasteiger charge is 2.42. The van der Waals surface area contributed by atoms with Gasteiger partial charge in [0.25, 0.3) is 0 Å². The van der Waals surface area contributed by atoms with E-state index in [1.54, 1.807) is 13.1 Å². The highest BCUT2D eigenvalue weighted by atomic mass is 32.3. The molecule has 1 heterocycles. The lowest BCUT2D eigenvalue weighted by molar-refractivity contribution is -0.128. The minimum Gasteiger partial charge on any atom is -0.358 e. The Morgan fingerprint density at radius 2 is 1.89 bits per heavy atom. The SMILES string of the molecule is CN1C(=O)C[C@H](C(=O)Nc2ccc(OS(=O)(=O)F)cc2)[C@H]1c1cccc(F)c1. The Balaban J connectivity index is 1.78. The van der Waals surface area contributed by atoms with E-state index in [9.17, 15) is 26.3 Å². The Bertz CT molecular complexity index is 1010. The summed E-state index contributed by atoms with van der Waals surface area (Å²) in [6, 6.07) is 10.1. The van der Waals surface area contributed by atoms with Gasteiger partial charge in [-0.3, -0.25) is 9.59 Å². The molecule has 1 aliphatic heterocycles. The number of halogens is 2. The number of amides is 2. The Kier molecular flexibility index (Phi) is 5.32. The predicted molar refractivity (Wildman–Crippen MR) is 95.7 cm³/mol. The summed E-state index contributed by atoms with van der Waals surface area (Å²) in [6.07, 6.45) is -0.0369. The van der Waals surface area contributed by atoms with Crippen LogP contribution in [-0.4, -0.2) is 32.2 Å². The average molecular weight is 410 g/mol. The average Bonchev–Trinajstić information content (AvgIpc) is 2.91. The van der Waals surface area contributed by atoms with Gasteiger partial charge in [0, 0.05) is 19.2 Å². The lowest BCUT2D eigenvalue weighted by Gasteiger charge is -2.25. The number of anilines is 1. The van der Waals surface area contributed by atoms with Gasteiger partial charge >= 0.3 is 10.5 Å². The van der Waals surface area contributed by atoms with Gasteiger partial charge in [0.15, 0.2) is 0 Å². The number of nitrogens with zero attached hydrogens (tertiary/aromatic N) is 1. The smallest absolute Gasteiger partial charge is 0.358 e. The van der Waals surface area contributed by atoms with Gasteiger partial charge in [0.1, 0.15) is 11.6 Å². The predicted octanol–water partition coefficient (Wildman–Crippen LogP) is 2.58. The summed E-state index contributed by atoms with van der Waals surface area (Å²) >= 11 is 0. The van der Waals surface area contributed by atoms with Gasteiger partial charge in [-0.1, -0.05) is 16.0 Å². The van der Waals surface area contributed by atoms with Crippen molar-refractivity contribution in [2.24, 2.45) is 5.92 Å². The molecule has 2 atom stereocenters. The number of nitrogens with one attached hydrogen (secondary N) is 1. The molecule has 28 heavy (non-hydrogen) atoms. The maximum absolute atomic E-state index is 13.6. The van der Waals surface area contributed by atoms with E-state index in [-0.39, 0.29) is 18.1 Å². The van der Waals surface area contributed by atoms with Gasteiger partial charge in [-0.15, -0.1) is 0 Å². The van der Waals surface area contributed by atoms with Crippen LogP contribution in [-0.2, 0) is 20.1 Å². The van der Waals surface area contributed by atoms with E-state index in [0.29, 0.717) is 11.3 Å². The maximum atomic E-state index is 13.6. The van der Waals surface area contributed by atoms with E-state index in [0.717, 1.165) is 0 Å². The first-order valence-corrected chi connectivity index (χ1v) is 9.51. The summed E-state index contributed by atoms with van der Waals surface area (Å²) in [6.45, 7) is 0. The molecule has 0 bridgehead atoms. The Hall–Kier alpha value is -3.01. The number of benzene rings is 2. The van der Waals surface area contributed by atoms with Gasteiger partial charge in [0.05, 0.1) is 12.0 Å². The summed E-state index contributed by atoms with van der Waals surface area (Å²) in [5, 5.41) is 2.62. The second kappa shape index (κ2) is 7.55. The topological polar surface area (TPSA) is 92.8 Å². The lowest BCUT2D eigenvalue weighted by atomic mass is 9.92. The standard InChI is InChI=1S/C18H16F2N2O5S/c1-22-16(23)10-15(17(22)11-3-2-4-12(19)9-11)18(24)21-13-5-7-14(8-6-13)27-28(20,25)26/h2-9,15,17H,10H2,1H3,(H,21,24)/t15-,17+/m0/s1. The third-order valence-corrected chi connectivity index (χ3v) is 4.82. The van der Waals surface area contributed by atoms with Crippen LogP contribution in [0.5, 0.6) is 5.75 Å². The second-order valence-electron chi connectivity index (χ2n) is 6.31. The molecular formula is C18H16F2N2O5S. The molecule has 7 nitrogen and oxygen atoms in total. The van der Waals surface area contributed by atoms with Crippen molar-refractivity contribution >= 4 is 28.0 Å². The summed E-state index contributed by atoms with van der Waals surface area (Å²) in [5.41, 5.74) is 0.805. The van der Waals surface area contributed by atoms with Crippen LogP contribution in [0.3, 0.4) is 0 Å². The molecule has 2 aromatic rings. The van der Waals surface area contributed by atoms with Crippen molar-refractivity contribution in [2.45, 2.75) is 12.5 Å². The first-order valence-electron chi connectivity index (χ1n) is 8.20. The third kappa shape index (κ3) is 4.45. The molecule has 10 heteroatoms. The highest BCUT2D eigenvalue weighted by molar-refractivity contribution is 7.81. The van der Waals surface area contributed by atoms with Crippen LogP contribution in [0, 0.1) is 11.7 Å². The van der Waals surface area contributed by atoms with Gasteiger partial charge in [0.2, 0.25) is 11.8 Å². The van der Waals surface area contributed by atoms with Crippen molar-refractivity contribution in [1.82, 2.24) is 4.90 Å². The quantitative estimate of drug-likeness (QED) is 0.765. The fraction of sp³-hybridized carbons (Fsp3) is 0.222. The maximum Gasteiger partial charge on any atom is 0.488 e. The largest absolute Gasteiger partial charge is 0.488 e. The zero-order chi connectivity index (χ0) is 20.5. The summed E-state index contributed by atoms with van der Waals surface area (Å²) in [5.74, 6) is -2.18. The molecule has 1 saturated heterocycles. The molecule has 148 valence electrons. The minimum absolute atomic E-state index is 0.0369. The van der Waals surface area contributed by atoms with E-state index < -0.39 is 34.2 Å². The molecule has 0 aromatic heterocycles. The van der Waals surface area contributed by atoms with Crippen molar-refractivity contribution in [3.63, 3.8) is 0 Å². The number of hydrogen-bond donors (Lipinski definition) is 1. The molecule has 2 aromatic carbocycles. The van der Waals surface area contributed by atoms with E-state index in [1.807, 2.05) is 0 Å². The van der Waals surface area contributed by atoms with Crippen molar-refractivity contribution in [3.8, 4) is 5.75 Å². The first kappa shape index (κ1) is 19.7. The van der Waals surface area contributed by atoms with Crippen LogP contribution in [0.2, 0.25) is 0 Å². The molecule has 1 aliphatic rings. The van der Waals surface area contributed by atoms with Gasteiger partial charge < -0.3 is 14.4 Å². The Labute approximate surface area is 160 Å². The van der Waals surface area contributed by atoms with Gasteiger partial charge in [-0.2, -0.15) is 8.42 Å². The van der Waals surface area contributed by atoms with Crippen molar-refractivity contribution in [1.29, 1.82) is 0 Å².